The molecule has 0 spiro atoms. The number of carboxylic acids is 1. The first-order chi connectivity index (χ1) is 8.45. The number of methoxy groups -OCH3 is 1. The van der Waals surface area contributed by atoms with E-state index in [4.69, 9.17) is 9.84 Å². The summed E-state index contributed by atoms with van der Waals surface area (Å²) in [4.78, 5) is 12.3. The topological polar surface area (TPSA) is 58.6 Å². The normalized spacial score (nSPS) is 12.9. The van der Waals surface area contributed by atoms with E-state index >= 15 is 0 Å². The Morgan fingerprint density at radius 3 is 2.67 bits per heavy atom. The van der Waals surface area contributed by atoms with Crippen LogP contribution in [0.4, 0.5) is 0 Å². The number of hydrogen-bond acceptors (Lipinski definition) is 4. The van der Waals surface area contributed by atoms with Crippen LogP contribution in [0.3, 0.4) is 0 Å². The number of thiophene rings is 1. The molecule has 0 aromatic carbocycles. The summed E-state index contributed by atoms with van der Waals surface area (Å²) in [5, 5.41) is 12.4. The first kappa shape index (κ1) is 15.1. The summed E-state index contributed by atoms with van der Waals surface area (Å²) in [6.45, 7) is 7.57. The Balaban J connectivity index is 2.64. The van der Waals surface area contributed by atoms with Crippen molar-refractivity contribution in [3.8, 4) is 0 Å². The van der Waals surface area contributed by atoms with Crippen molar-refractivity contribution in [1.82, 2.24) is 5.32 Å². The number of ether oxygens (including phenoxy) is 1. The predicted molar refractivity (Wildman–Crippen MR) is 73.4 cm³/mol. The van der Waals surface area contributed by atoms with Gasteiger partial charge in [-0.2, -0.15) is 0 Å². The molecule has 1 heterocycles. The van der Waals surface area contributed by atoms with Crippen molar-refractivity contribution in [3.05, 3.63) is 21.4 Å². The Morgan fingerprint density at radius 1 is 1.56 bits per heavy atom. The van der Waals surface area contributed by atoms with E-state index in [0.717, 1.165) is 10.4 Å². The molecule has 0 aliphatic heterocycles. The Morgan fingerprint density at radius 2 is 2.22 bits per heavy atom. The van der Waals surface area contributed by atoms with Gasteiger partial charge in [-0.3, -0.25) is 0 Å². The number of nitrogens with one attached hydrogen (secondary N) is 1. The standard InChI is InChI=1S/C13H21NO3S/c1-8(2)11(7-17-4)14-6-10-5-12(13(15)16)18-9(10)3/h5,8,11,14H,6-7H2,1-4H3,(H,15,16). The highest BCUT2D eigenvalue weighted by Crippen LogP contribution is 2.21. The van der Waals surface area contributed by atoms with Crippen LogP contribution >= 0.6 is 11.3 Å². The third kappa shape index (κ3) is 4.08. The highest BCUT2D eigenvalue weighted by atomic mass is 32.1. The number of carboxylic acid groups (broad SMARTS) is 1. The molecule has 102 valence electrons. The van der Waals surface area contributed by atoms with Gasteiger partial charge in [0.2, 0.25) is 0 Å². The largest absolute Gasteiger partial charge is 0.477 e. The molecule has 0 radical (unpaired) electrons. The number of rotatable bonds is 7. The molecule has 0 fully saturated rings. The second-order valence-corrected chi connectivity index (χ2v) is 5.94. The minimum Gasteiger partial charge on any atom is -0.477 e. The zero-order valence-corrected chi connectivity index (χ0v) is 12.1. The Hall–Kier alpha value is -0.910. The maximum absolute atomic E-state index is 10.9. The molecule has 0 aliphatic carbocycles. The smallest absolute Gasteiger partial charge is 0.345 e. The molecule has 1 atom stereocenters. The maximum Gasteiger partial charge on any atom is 0.345 e. The van der Waals surface area contributed by atoms with Crippen molar-refractivity contribution >= 4 is 17.3 Å². The lowest BCUT2D eigenvalue weighted by molar-refractivity contribution is 0.0702. The summed E-state index contributed by atoms with van der Waals surface area (Å²) in [7, 11) is 1.69. The SMILES string of the molecule is COCC(NCc1cc(C(=O)O)sc1C)C(C)C. The van der Waals surface area contributed by atoms with Crippen molar-refractivity contribution in [1.29, 1.82) is 0 Å². The second-order valence-electron chi connectivity index (χ2n) is 4.68. The molecule has 0 bridgehead atoms. The summed E-state index contributed by atoms with van der Waals surface area (Å²) in [6, 6.07) is 2.03. The Bertz CT molecular complexity index is 401. The molecule has 0 saturated heterocycles. The van der Waals surface area contributed by atoms with E-state index in [1.807, 2.05) is 6.92 Å². The molecule has 1 aromatic rings. The molecular weight excluding hydrogens is 250 g/mol. The zero-order chi connectivity index (χ0) is 13.7. The van der Waals surface area contributed by atoms with E-state index in [2.05, 4.69) is 19.2 Å². The summed E-state index contributed by atoms with van der Waals surface area (Å²) >= 11 is 1.33. The predicted octanol–water partition coefficient (Wildman–Crippen LogP) is 2.52. The van der Waals surface area contributed by atoms with Gasteiger partial charge in [0, 0.05) is 24.6 Å². The fourth-order valence-corrected chi connectivity index (χ4v) is 2.59. The monoisotopic (exact) mass is 271 g/mol. The van der Waals surface area contributed by atoms with Gasteiger partial charge in [-0.05, 0) is 24.5 Å². The molecule has 18 heavy (non-hydrogen) atoms. The fourth-order valence-electron chi connectivity index (χ4n) is 1.71. The number of carbonyl (C=O) groups is 1. The van der Waals surface area contributed by atoms with Crippen LogP contribution in [0.15, 0.2) is 6.07 Å². The first-order valence-corrected chi connectivity index (χ1v) is 6.82. The van der Waals surface area contributed by atoms with E-state index < -0.39 is 5.97 Å². The summed E-state index contributed by atoms with van der Waals surface area (Å²) in [5.74, 6) is -0.380. The number of hydrogen-bond donors (Lipinski definition) is 2. The zero-order valence-electron chi connectivity index (χ0n) is 11.3. The quantitative estimate of drug-likeness (QED) is 0.800. The third-order valence-electron chi connectivity index (χ3n) is 2.94. The van der Waals surface area contributed by atoms with Crippen LogP contribution in [0.25, 0.3) is 0 Å². The van der Waals surface area contributed by atoms with Gasteiger partial charge in [-0.1, -0.05) is 13.8 Å². The van der Waals surface area contributed by atoms with Gasteiger partial charge >= 0.3 is 5.97 Å². The average Bonchev–Trinajstić information content (AvgIpc) is 2.66. The van der Waals surface area contributed by atoms with Gasteiger partial charge in [0.1, 0.15) is 4.88 Å². The highest BCUT2D eigenvalue weighted by molar-refractivity contribution is 7.14. The van der Waals surface area contributed by atoms with E-state index in [1.54, 1.807) is 13.2 Å². The third-order valence-corrected chi connectivity index (χ3v) is 4.02. The van der Waals surface area contributed by atoms with E-state index in [-0.39, 0.29) is 6.04 Å². The van der Waals surface area contributed by atoms with Crippen LogP contribution in [0.1, 0.15) is 34.0 Å². The van der Waals surface area contributed by atoms with Crippen molar-refractivity contribution in [2.75, 3.05) is 13.7 Å². The summed E-state index contributed by atoms with van der Waals surface area (Å²) in [5.41, 5.74) is 1.05. The van der Waals surface area contributed by atoms with Crippen LogP contribution in [0, 0.1) is 12.8 Å². The Kier molecular flexibility index (Phi) is 5.78. The van der Waals surface area contributed by atoms with Gasteiger partial charge in [0.05, 0.1) is 6.61 Å². The van der Waals surface area contributed by atoms with Crippen molar-refractivity contribution in [2.24, 2.45) is 5.92 Å². The fraction of sp³-hybridized carbons (Fsp3) is 0.615. The molecular formula is C13H21NO3S. The molecule has 1 unspecified atom stereocenters. The average molecular weight is 271 g/mol. The van der Waals surface area contributed by atoms with Crippen LogP contribution in [-0.2, 0) is 11.3 Å². The molecule has 4 nitrogen and oxygen atoms in total. The van der Waals surface area contributed by atoms with Gasteiger partial charge in [0.25, 0.3) is 0 Å². The van der Waals surface area contributed by atoms with E-state index in [1.165, 1.54) is 11.3 Å². The lowest BCUT2D eigenvalue weighted by Crippen LogP contribution is -2.37. The van der Waals surface area contributed by atoms with Crippen molar-refractivity contribution < 1.29 is 14.6 Å². The van der Waals surface area contributed by atoms with Gasteiger partial charge in [-0.15, -0.1) is 11.3 Å². The second kappa shape index (κ2) is 6.87. The van der Waals surface area contributed by atoms with E-state index in [9.17, 15) is 4.79 Å². The minimum atomic E-state index is -0.855. The molecule has 2 N–H and O–H groups in total. The number of aryl methyl sites for hydroxylation is 1. The van der Waals surface area contributed by atoms with Gasteiger partial charge in [-0.25, -0.2) is 4.79 Å². The van der Waals surface area contributed by atoms with Crippen LogP contribution in [0.2, 0.25) is 0 Å². The summed E-state index contributed by atoms with van der Waals surface area (Å²) in [6.07, 6.45) is 0. The Labute approximate surface area is 112 Å². The minimum absolute atomic E-state index is 0.280. The number of aromatic carboxylic acids is 1. The van der Waals surface area contributed by atoms with Crippen molar-refractivity contribution in [3.63, 3.8) is 0 Å². The van der Waals surface area contributed by atoms with Gasteiger partial charge in [0.15, 0.2) is 0 Å². The molecule has 0 aliphatic rings. The molecule has 0 saturated carbocycles. The van der Waals surface area contributed by atoms with Gasteiger partial charge < -0.3 is 15.2 Å². The maximum atomic E-state index is 10.9. The molecule has 1 aromatic heterocycles. The lowest BCUT2D eigenvalue weighted by atomic mass is 10.1. The highest BCUT2D eigenvalue weighted by Gasteiger charge is 2.15. The van der Waals surface area contributed by atoms with Crippen LogP contribution in [-0.4, -0.2) is 30.8 Å². The van der Waals surface area contributed by atoms with Crippen LogP contribution < -0.4 is 5.32 Å². The molecule has 0 amide bonds. The van der Waals surface area contributed by atoms with Crippen LogP contribution in [0.5, 0.6) is 0 Å². The van der Waals surface area contributed by atoms with Crippen molar-refractivity contribution in [2.45, 2.75) is 33.4 Å². The van der Waals surface area contributed by atoms with E-state index in [0.29, 0.717) is 23.9 Å². The summed E-state index contributed by atoms with van der Waals surface area (Å²) < 4.78 is 5.17. The first-order valence-electron chi connectivity index (χ1n) is 6.00. The molecule has 5 heteroatoms. The molecule has 1 rings (SSSR count). The lowest BCUT2D eigenvalue weighted by Gasteiger charge is -2.21.